The summed E-state index contributed by atoms with van der Waals surface area (Å²) >= 11 is 0. The second-order valence-corrected chi connectivity index (χ2v) is 4.46. The van der Waals surface area contributed by atoms with Crippen molar-refractivity contribution in [3.63, 3.8) is 0 Å². The van der Waals surface area contributed by atoms with Gasteiger partial charge in [0, 0.05) is 11.6 Å². The Kier molecular flexibility index (Phi) is 6.50. The predicted molar refractivity (Wildman–Crippen MR) is 77.1 cm³/mol. The first-order chi connectivity index (χ1) is 9.54. The predicted octanol–water partition coefficient (Wildman–Crippen LogP) is 3.09. The molecule has 0 fully saturated rings. The summed E-state index contributed by atoms with van der Waals surface area (Å²) in [5.41, 5.74) is 1.63. The third-order valence-electron chi connectivity index (χ3n) is 2.80. The van der Waals surface area contributed by atoms with Crippen LogP contribution in [-0.2, 0) is 9.53 Å². The van der Waals surface area contributed by atoms with E-state index in [1.165, 1.54) is 0 Å². The highest BCUT2D eigenvalue weighted by atomic mass is 16.5. The molecule has 0 bridgehead atoms. The van der Waals surface area contributed by atoms with Crippen molar-refractivity contribution in [3.05, 3.63) is 42.0 Å². The molecule has 0 radical (unpaired) electrons. The van der Waals surface area contributed by atoms with E-state index >= 15 is 0 Å². The maximum absolute atomic E-state index is 11.3. The Morgan fingerprint density at radius 3 is 2.55 bits per heavy atom. The average molecular weight is 276 g/mol. The fourth-order valence-corrected chi connectivity index (χ4v) is 1.75. The third-order valence-corrected chi connectivity index (χ3v) is 2.80. The Labute approximate surface area is 119 Å². The minimum absolute atomic E-state index is 0.0538. The molecule has 4 heteroatoms. The van der Waals surface area contributed by atoms with Crippen LogP contribution in [0.2, 0.25) is 0 Å². The van der Waals surface area contributed by atoms with Gasteiger partial charge in [0.2, 0.25) is 0 Å². The van der Waals surface area contributed by atoms with Gasteiger partial charge in [-0.2, -0.15) is 0 Å². The van der Waals surface area contributed by atoms with E-state index in [0.717, 1.165) is 30.2 Å². The van der Waals surface area contributed by atoms with Crippen LogP contribution in [0.25, 0.3) is 0 Å². The van der Waals surface area contributed by atoms with Crippen molar-refractivity contribution in [2.75, 3.05) is 13.2 Å². The molecular formula is C16H20O4. The molecule has 0 aliphatic carbocycles. The first kappa shape index (κ1) is 16.0. The lowest BCUT2D eigenvalue weighted by atomic mass is 10.1. The average Bonchev–Trinajstić information content (AvgIpc) is 2.42. The number of hydrogen-bond acceptors (Lipinski definition) is 4. The molecule has 0 atom stereocenters. The number of carbonyl (C=O) groups excluding carboxylic acids is 2. The van der Waals surface area contributed by atoms with E-state index in [2.05, 4.69) is 6.58 Å². The van der Waals surface area contributed by atoms with Crippen LogP contribution < -0.4 is 4.74 Å². The van der Waals surface area contributed by atoms with Gasteiger partial charge in [-0.05, 0) is 50.5 Å². The smallest absolute Gasteiger partial charge is 0.330 e. The van der Waals surface area contributed by atoms with Gasteiger partial charge in [0.15, 0.2) is 5.78 Å². The Morgan fingerprint density at radius 1 is 1.25 bits per heavy atom. The quantitative estimate of drug-likeness (QED) is 0.317. The molecule has 0 heterocycles. The summed E-state index contributed by atoms with van der Waals surface area (Å²) in [6, 6.07) is 5.43. The van der Waals surface area contributed by atoms with E-state index < -0.39 is 5.97 Å². The van der Waals surface area contributed by atoms with E-state index in [1.54, 1.807) is 19.1 Å². The van der Waals surface area contributed by atoms with Gasteiger partial charge in [-0.25, -0.2) is 4.79 Å². The van der Waals surface area contributed by atoms with Gasteiger partial charge in [0.1, 0.15) is 5.75 Å². The Hall–Kier alpha value is -2.10. The topological polar surface area (TPSA) is 52.6 Å². The number of Topliss-reactive ketones (excluding diaryl/α,β-unsaturated/α-hetero) is 1. The molecule has 0 aliphatic rings. The van der Waals surface area contributed by atoms with E-state index in [1.807, 2.05) is 13.0 Å². The Bertz CT molecular complexity index is 491. The van der Waals surface area contributed by atoms with Crippen molar-refractivity contribution in [3.8, 4) is 5.75 Å². The second kappa shape index (κ2) is 8.15. The molecule has 0 amide bonds. The molecule has 0 N–H and O–H groups in total. The summed E-state index contributed by atoms with van der Waals surface area (Å²) in [5, 5.41) is 0. The third kappa shape index (κ3) is 5.26. The van der Waals surface area contributed by atoms with Crippen molar-refractivity contribution in [2.24, 2.45) is 0 Å². The highest BCUT2D eigenvalue weighted by Crippen LogP contribution is 2.18. The number of esters is 1. The monoisotopic (exact) mass is 276 g/mol. The van der Waals surface area contributed by atoms with E-state index in [4.69, 9.17) is 9.47 Å². The second-order valence-electron chi connectivity index (χ2n) is 4.46. The summed E-state index contributed by atoms with van der Waals surface area (Å²) in [7, 11) is 0. The molecule has 0 saturated heterocycles. The van der Waals surface area contributed by atoms with Gasteiger partial charge < -0.3 is 9.47 Å². The number of ketones is 1. The number of aryl methyl sites for hydroxylation is 1. The van der Waals surface area contributed by atoms with Gasteiger partial charge in [0.05, 0.1) is 13.2 Å². The van der Waals surface area contributed by atoms with Crippen LogP contribution in [0.5, 0.6) is 5.75 Å². The fraction of sp³-hybridized carbons (Fsp3) is 0.375. The molecule has 1 aromatic carbocycles. The van der Waals surface area contributed by atoms with Crippen molar-refractivity contribution in [1.29, 1.82) is 0 Å². The number of rotatable bonds is 8. The van der Waals surface area contributed by atoms with E-state index in [0.29, 0.717) is 18.8 Å². The normalized spacial score (nSPS) is 9.90. The fourth-order valence-electron chi connectivity index (χ4n) is 1.75. The van der Waals surface area contributed by atoms with Crippen molar-refractivity contribution >= 4 is 11.8 Å². The molecule has 108 valence electrons. The number of benzene rings is 1. The first-order valence-electron chi connectivity index (χ1n) is 6.58. The molecule has 1 aromatic rings. The molecule has 1 rings (SSSR count). The summed E-state index contributed by atoms with van der Waals surface area (Å²) in [6.45, 7) is 7.67. The summed E-state index contributed by atoms with van der Waals surface area (Å²) in [4.78, 5) is 22.1. The summed E-state index contributed by atoms with van der Waals surface area (Å²) < 4.78 is 10.4. The molecule has 0 saturated carbocycles. The summed E-state index contributed by atoms with van der Waals surface area (Å²) in [5.74, 6) is 0.398. The molecule has 0 unspecified atom stereocenters. The molecule has 20 heavy (non-hydrogen) atoms. The Balaban J connectivity index is 2.29. The van der Waals surface area contributed by atoms with Crippen LogP contribution in [0.4, 0.5) is 0 Å². The van der Waals surface area contributed by atoms with Crippen molar-refractivity contribution < 1.29 is 19.1 Å². The molecule has 0 aromatic heterocycles. The standard InChI is InChI=1S/C16H20O4/c1-4-16(18)20-10-6-5-9-19-14-7-8-15(13(3)17)12(2)11-14/h4,7-8,11H,1,5-6,9-10H2,2-3H3. The minimum atomic E-state index is -0.402. The maximum atomic E-state index is 11.3. The lowest BCUT2D eigenvalue weighted by Gasteiger charge is -2.09. The first-order valence-corrected chi connectivity index (χ1v) is 6.58. The van der Waals surface area contributed by atoms with Crippen LogP contribution in [0.3, 0.4) is 0 Å². The Morgan fingerprint density at radius 2 is 1.95 bits per heavy atom. The van der Waals surface area contributed by atoms with Crippen LogP contribution in [-0.4, -0.2) is 25.0 Å². The number of hydrogen-bond donors (Lipinski definition) is 0. The highest BCUT2D eigenvalue weighted by molar-refractivity contribution is 5.95. The van der Waals surface area contributed by atoms with Crippen molar-refractivity contribution in [2.45, 2.75) is 26.7 Å². The summed E-state index contributed by atoms with van der Waals surface area (Å²) in [6.07, 6.45) is 2.68. The zero-order chi connectivity index (χ0) is 15.0. The van der Waals surface area contributed by atoms with Crippen LogP contribution in [0, 0.1) is 6.92 Å². The number of ether oxygens (including phenoxy) is 2. The lowest BCUT2D eigenvalue weighted by molar-refractivity contribution is -0.137. The minimum Gasteiger partial charge on any atom is -0.494 e. The lowest BCUT2D eigenvalue weighted by Crippen LogP contribution is -2.05. The van der Waals surface area contributed by atoms with Gasteiger partial charge in [-0.3, -0.25) is 4.79 Å². The van der Waals surface area contributed by atoms with Crippen LogP contribution in [0.15, 0.2) is 30.9 Å². The van der Waals surface area contributed by atoms with Gasteiger partial charge in [0.25, 0.3) is 0 Å². The SMILES string of the molecule is C=CC(=O)OCCCCOc1ccc(C(C)=O)c(C)c1. The van der Waals surface area contributed by atoms with E-state index in [9.17, 15) is 9.59 Å². The van der Waals surface area contributed by atoms with E-state index in [-0.39, 0.29) is 5.78 Å². The number of carbonyl (C=O) groups is 2. The maximum Gasteiger partial charge on any atom is 0.330 e. The van der Waals surface area contributed by atoms with Gasteiger partial charge in [-0.15, -0.1) is 0 Å². The molecular weight excluding hydrogens is 256 g/mol. The number of unbranched alkanes of at least 4 members (excludes halogenated alkanes) is 1. The van der Waals surface area contributed by atoms with Crippen molar-refractivity contribution in [1.82, 2.24) is 0 Å². The zero-order valence-corrected chi connectivity index (χ0v) is 12.0. The van der Waals surface area contributed by atoms with Crippen LogP contribution in [0.1, 0.15) is 35.7 Å². The zero-order valence-electron chi connectivity index (χ0n) is 12.0. The molecule has 0 aliphatic heterocycles. The largest absolute Gasteiger partial charge is 0.494 e. The van der Waals surface area contributed by atoms with Crippen LogP contribution >= 0.6 is 0 Å². The van der Waals surface area contributed by atoms with Gasteiger partial charge in [-0.1, -0.05) is 6.58 Å². The molecule has 4 nitrogen and oxygen atoms in total. The molecule has 0 spiro atoms. The van der Waals surface area contributed by atoms with Gasteiger partial charge >= 0.3 is 5.97 Å². The highest BCUT2D eigenvalue weighted by Gasteiger charge is 2.05.